The molecule has 0 saturated carbocycles. The van der Waals surface area contributed by atoms with Crippen LogP contribution in [0, 0.1) is 5.92 Å². The second kappa shape index (κ2) is 7.77. The highest BCUT2D eigenvalue weighted by atomic mass is 14.9. The van der Waals surface area contributed by atoms with Crippen LogP contribution in [0.15, 0.2) is 23.0 Å². The van der Waals surface area contributed by atoms with Crippen molar-refractivity contribution in [3.05, 3.63) is 23.0 Å². The Hall–Kier alpha value is -0.720. The van der Waals surface area contributed by atoms with E-state index >= 15 is 0 Å². The summed E-state index contributed by atoms with van der Waals surface area (Å²) in [6.07, 6.45) is 17.3. The molecule has 0 fully saturated rings. The van der Waals surface area contributed by atoms with Gasteiger partial charge in [-0.3, -0.25) is 5.32 Å². The number of hydrogen-bond acceptors (Lipinski definition) is 0. The van der Waals surface area contributed by atoms with Gasteiger partial charge in [-0.25, -0.2) is 0 Å². The Bertz CT molecular complexity index is 338. The molecular weight excluding hydrogens is 230 g/mol. The molecule has 0 aromatic heterocycles. The first-order chi connectivity index (χ1) is 9.31. The van der Waals surface area contributed by atoms with Gasteiger partial charge >= 0.3 is 0 Å². The molecule has 1 unspecified atom stereocenters. The molecule has 1 radical (unpaired) electrons. The van der Waals surface area contributed by atoms with E-state index in [-0.39, 0.29) is 0 Å². The first kappa shape index (κ1) is 14.7. The molecule has 1 aliphatic carbocycles. The smallest absolute Gasteiger partial charge is 0.0439 e. The molecule has 0 bridgehead atoms. The summed E-state index contributed by atoms with van der Waals surface area (Å²) in [6.45, 7) is 4.64. The van der Waals surface area contributed by atoms with Gasteiger partial charge in [0.05, 0.1) is 0 Å². The van der Waals surface area contributed by atoms with Gasteiger partial charge in [0.1, 0.15) is 0 Å². The monoisotopic (exact) mass is 260 g/mol. The minimum Gasteiger partial charge on any atom is -0.257 e. The van der Waals surface area contributed by atoms with Crippen molar-refractivity contribution >= 4 is 0 Å². The largest absolute Gasteiger partial charge is 0.257 e. The van der Waals surface area contributed by atoms with Crippen molar-refractivity contribution in [3.8, 4) is 0 Å². The Labute approximate surface area is 119 Å². The SMILES string of the molecule is CCCCCCCCC(C)C1=CC2=C(CCCC2)[N]1. The van der Waals surface area contributed by atoms with Crippen molar-refractivity contribution in [3.63, 3.8) is 0 Å². The number of unbranched alkanes of at least 4 members (excludes halogenated alkanes) is 5. The zero-order chi connectivity index (χ0) is 13.5. The molecule has 1 heterocycles. The Morgan fingerprint density at radius 3 is 2.58 bits per heavy atom. The van der Waals surface area contributed by atoms with Crippen LogP contribution in [0.4, 0.5) is 0 Å². The average Bonchev–Trinajstić information content (AvgIpc) is 2.86. The van der Waals surface area contributed by atoms with E-state index in [9.17, 15) is 0 Å². The first-order valence-corrected chi connectivity index (χ1v) is 8.46. The molecule has 1 aliphatic heterocycles. The van der Waals surface area contributed by atoms with Gasteiger partial charge < -0.3 is 0 Å². The van der Waals surface area contributed by atoms with Crippen LogP contribution >= 0.6 is 0 Å². The lowest BCUT2D eigenvalue weighted by atomic mass is 9.96. The highest BCUT2D eigenvalue weighted by molar-refractivity contribution is 5.38. The molecule has 0 saturated heterocycles. The first-order valence-electron chi connectivity index (χ1n) is 8.46. The van der Waals surface area contributed by atoms with Gasteiger partial charge in [-0.1, -0.05) is 52.4 Å². The highest BCUT2D eigenvalue weighted by Crippen LogP contribution is 2.34. The Morgan fingerprint density at radius 1 is 1.05 bits per heavy atom. The second-order valence-electron chi connectivity index (χ2n) is 6.32. The standard InChI is InChI=1S/C18H30N/c1-3-4-5-6-7-8-11-15(2)18-14-16-12-9-10-13-17(16)19-18/h14-15H,3-13H2,1-2H3. The van der Waals surface area contributed by atoms with E-state index < -0.39 is 0 Å². The molecular formula is C18H30N. The van der Waals surface area contributed by atoms with E-state index in [1.54, 1.807) is 5.57 Å². The summed E-state index contributed by atoms with van der Waals surface area (Å²) in [5, 5.41) is 4.88. The molecule has 19 heavy (non-hydrogen) atoms. The minimum absolute atomic E-state index is 0.664. The van der Waals surface area contributed by atoms with Crippen LogP contribution < -0.4 is 5.32 Å². The quantitative estimate of drug-likeness (QED) is 0.497. The Balaban J connectivity index is 1.63. The van der Waals surface area contributed by atoms with Gasteiger partial charge in [-0.05, 0) is 49.7 Å². The van der Waals surface area contributed by atoms with E-state index in [4.69, 9.17) is 5.32 Å². The second-order valence-corrected chi connectivity index (χ2v) is 6.32. The van der Waals surface area contributed by atoms with Gasteiger partial charge in [-0.15, -0.1) is 0 Å². The van der Waals surface area contributed by atoms with Gasteiger partial charge in [0.15, 0.2) is 0 Å². The van der Waals surface area contributed by atoms with E-state index in [1.165, 1.54) is 82.0 Å². The highest BCUT2D eigenvalue weighted by Gasteiger charge is 2.22. The third kappa shape index (κ3) is 4.40. The molecule has 0 amide bonds. The summed E-state index contributed by atoms with van der Waals surface area (Å²) in [5.41, 5.74) is 4.34. The zero-order valence-corrected chi connectivity index (χ0v) is 12.9. The lowest BCUT2D eigenvalue weighted by Gasteiger charge is -2.14. The summed E-state index contributed by atoms with van der Waals surface area (Å²) in [6, 6.07) is 0. The minimum atomic E-state index is 0.664. The van der Waals surface area contributed by atoms with Gasteiger partial charge in [0.25, 0.3) is 0 Å². The Morgan fingerprint density at radius 2 is 1.79 bits per heavy atom. The van der Waals surface area contributed by atoms with Gasteiger partial charge in [0.2, 0.25) is 0 Å². The van der Waals surface area contributed by atoms with Crippen molar-refractivity contribution < 1.29 is 0 Å². The number of allylic oxidation sites excluding steroid dienone is 4. The van der Waals surface area contributed by atoms with Crippen LogP contribution in [-0.4, -0.2) is 0 Å². The summed E-state index contributed by atoms with van der Waals surface area (Å²) in [5.74, 6) is 0.664. The molecule has 0 spiro atoms. The predicted octanol–water partition coefficient (Wildman–Crippen LogP) is 5.70. The van der Waals surface area contributed by atoms with Crippen molar-refractivity contribution in [2.24, 2.45) is 5.92 Å². The van der Waals surface area contributed by atoms with Crippen LogP contribution in [0.3, 0.4) is 0 Å². The molecule has 1 heteroatoms. The van der Waals surface area contributed by atoms with Crippen LogP contribution in [0.1, 0.15) is 84.5 Å². The maximum absolute atomic E-state index is 4.88. The summed E-state index contributed by atoms with van der Waals surface area (Å²) in [4.78, 5) is 0. The van der Waals surface area contributed by atoms with Crippen molar-refractivity contribution in [1.82, 2.24) is 5.32 Å². The average molecular weight is 260 g/mol. The van der Waals surface area contributed by atoms with E-state index in [1.807, 2.05) is 0 Å². The van der Waals surface area contributed by atoms with Gasteiger partial charge in [0, 0.05) is 11.4 Å². The molecule has 1 nitrogen and oxygen atoms in total. The molecule has 1 atom stereocenters. The summed E-state index contributed by atoms with van der Waals surface area (Å²) < 4.78 is 0. The summed E-state index contributed by atoms with van der Waals surface area (Å²) in [7, 11) is 0. The fraction of sp³-hybridized carbons (Fsp3) is 0.778. The zero-order valence-electron chi connectivity index (χ0n) is 12.9. The maximum atomic E-state index is 4.88. The molecule has 2 rings (SSSR count). The lowest BCUT2D eigenvalue weighted by molar-refractivity contribution is 0.512. The Kier molecular flexibility index (Phi) is 6.00. The van der Waals surface area contributed by atoms with Crippen molar-refractivity contribution in [2.75, 3.05) is 0 Å². The fourth-order valence-electron chi connectivity index (χ4n) is 3.19. The van der Waals surface area contributed by atoms with E-state index in [0.29, 0.717) is 5.92 Å². The predicted molar refractivity (Wildman–Crippen MR) is 82.9 cm³/mol. The topological polar surface area (TPSA) is 14.1 Å². The molecule has 0 aromatic rings. The molecule has 107 valence electrons. The molecule has 0 aromatic carbocycles. The van der Waals surface area contributed by atoms with E-state index in [0.717, 1.165) is 0 Å². The van der Waals surface area contributed by atoms with E-state index in [2.05, 4.69) is 19.9 Å². The number of rotatable bonds is 8. The normalized spacial score (nSPS) is 20.0. The van der Waals surface area contributed by atoms with Crippen LogP contribution in [0.5, 0.6) is 0 Å². The number of nitrogens with zero attached hydrogens (tertiary/aromatic N) is 1. The molecule has 0 N–H and O–H groups in total. The van der Waals surface area contributed by atoms with Crippen LogP contribution in [0.2, 0.25) is 0 Å². The fourth-order valence-corrected chi connectivity index (χ4v) is 3.19. The molecule has 2 aliphatic rings. The van der Waals surface area contributed by atoms with Crippen LogP contribution in [-0.2, 0) is 0 Å². The van der Waals surface area contributed by atoms with Gasteiger partial charge in [-0.2, -0.15) is 0 Å². The lowest BCUT2D eigenvalue weighted by Crippen LogP contribution is -2.09. The summed E-state index contributed by atoms with van der Waals surface area (Å²) >= 11 is 0. The number of hydrogen-bond donors (Lipinski definition) is 0. The van der Waals surface area contributed by atoms with Crippen molar-refractivity contribution in [1.29, 1.82) is 0 Å². The van der Waals surface area contributed by atoms with Crippen molar-refractivity contribution in [2.45, 2.75) is 84.5 Å². The maximum Gasteiger partial charge on any atom is 0.0439 e. The third-order valence-corrected chi connectivity index (χ3v) is 4.56. The third-order valence-electron chi connectivity index (χ3n) is 4.56. The van der Waals surface area contributed by atoms with Crippen LogP contribution in [0.25, 0.3) is 0 Å².